The number of rotatable bonds is 4. The maximum Gasteiger partial charge on any atom is 0.242 e. The number of benzene rings is 1. The van der Waals surface area contributed by atoms with Gasteiger partial charge in [0.2, 0.25) is 11.8 Å². The largest absolute Gasteiger partial charge is 0.378 e. The molecule has 0 bridgehead atoms. The molecule has 144 valence electrons. The van der Waals surface area contributed by atoms with Crippen molar-refractivity contribution in [1.82, 2.24) is 15.1 Å². The van der Waals surface area contributed by atoms with E-state index in [2.05, 4.69) is 17.4 Å². The predicted octanol–water partition coefficient (Wildman–Crippen LogP) is 1.09. The third-order valence-corrected chi connectivity index (χ3v) is 4.85. The standard InChI is InChI=1S/C19H27N3O3.ClH/c23-18(8-7-16-5-2-1-3-6-16)21-10-4-11-22(13-12-21)19(24)17-15-25-14-9-20-17;/h1-3,5-6,17,20H,4,7-15H2;1H. The maximum atomic E-state index is 12.6. The molecule has 1 N–H and O–H groups in total. The van der Waals surface area contributed by atoms with Gasteiger partial charge in [-0.15, -0.1) is 12.4 Å². The van der Waals surface area contributed by atoms with Crippen LogP contribution in [-0.4, -0.2) is 73.6 Å². The van der Waals surface area contributed by atoms with Crippen LogP contribution >= 0.6 is 12.4 Å². The summed E-state index contributed by atoms with van der Waals surface area (Å²) in [6, 6.07) is 9.84. The molecule has 0 radical (unpaired) electrons. The lowest BCUT2D eigenvalue weighted by Crippen LogP contribution is -2.53. The fourth-order valence-electron chi connectivity index (χ4n) is 3.39. The van der Waals surface area contributed by atoms with Crippen molar-refractivity contribution < 1.29 is 14.3 Å². The lowest BCUT2D eigenvalue weighted by atomic mass is 10.1. The lowest BCUT2D eigenvalue weighted by molar-refractivity contribution is -0.137. The van der Waals surface area contributed by atoms with Gasteiger partial charge in [0.1, 0.15) is 6.04 Å². The van der Waals surface area contributed by atoms with Crippen LogP contribution in [0.25, 0.3) is 0 Å². The molecule has 2 aliphatic rings. The first-order valence-corrected chi connectivity index (χ1v) is 9.15. The van der Waals surface area contributed by atoms with E-state index in [4.69, 9.17) is 4.74 Å². The molecule has 3 rings (SSSR count). The summed E-state index contributed by atoms with van der Waals surface area (Å²) < 4.78 is 5.38. The summed E-state index contributed by atoms with van der Waals surface area (Å²) in [6.45, 7) is 4.48. The molecule has 0 saturated carbocycles. The molecule has 1 atom stereocenters. The van der Waals surface area contributed by atoms with E-state index in [0.717, 1.165) is 19.4 Å². The van der Waals surface area contributed by atoms with Gasteiger partial charge < -0.3 is 19.9 Å². The van der Waals surface area contributed by atoms with E-state index in [0.29, 0.717) is 45.8 Å². The Bertz CT molecular complexity index is 579. The average Bonchev–Trinajstić information content (AvgIpc) is 2.93. The number of morpholine rings is 1. The first kappa shape index (κ1) is 20.7. The van der Waals surface area contributed by atoms with Gasteiger partial charge in [-0.3, -0.25) is 9.59 Å². The minimum Gasteiger partial charge on any atom is -0.378 e. The Morgan fingerprint density at radius 3 is 2.54 bits per heavy atom. The molecule has 1 unspecified atom stereocenters. The van der Waals surface area contributed by atoms with Crippen molar-refractivity contribution in [2.45, 2.75) is 25.3 Å². The van der Waals surface area contributed by atoms with Crippen molar-refractivity contribution >= 4 is 24.2 Å². The van der Waals surface area contributed by atoms with Crippen molar-refractivity contribution in [3.8, 4) is 0 Å². The first-order chi connectivity index (χ1) is 12.2. The zero-order chi connectivity index (χ0) is 17.5. The van der Waals surface area contributed by atoms with E-state index in [-0.39, 0.29) is 30.3 Å². The predicted molar refractivity (Wildman–Crippen MR) is 102 cm³/mol. The average molecular weight is 382 g/mol. The number of carbonyl (C=O) groups excluding carboxylic acids is 2. The van der Waals surface area contributed by atoms with Gasteiger partial charge in [0, 0.05) is 39.1 Å². The fraction of sp³-hybridized carbons (Fsp3) is 0.579. The summed E-state index contributed by atoms with van der Waals surface area (Å²) in [7, 11) is 0. The molecular weight excluding hydrogens is 354 g/mol. The number of halogens is 1. The summed E-state index contributed by atoms with van der Waals surface area (Å²) in [6.07, 6.45) is 2.12. The Labute approximate surface area is 161 Å². The summed E-state index contributed by atoms with van der Waals surface area (Å²) in [5.41, 5.74) is 1.19. The molecule has 0 aromatic heterocycles. The lowest BCUT2D eigenvalue weighted by Gasteiger charge is -2.29. The highest BCUT2D eigenvalue weighted by molar-refractivity contribution is 5.85. The Balaban J connectivity index is 0.00000243. The van der Waals surface area contributed by atoms with Gasteiger partial charge in [0.25, 0.3) is 0 Å². The van der Waals surface area contributed by atoms with Gasteiger partial charge in [-0.1, -0.05) is 30.3 Å². The smallest absolute Gasteiger partial charge is 0.242 e. The second-order valence-electron chi connectivity index (χ2n) is 6.63. The summed E-state index contributed by atoms with van der Waals surface area (Å²) in [4.78, 5) is 28.8. The molecule has 2 saturated heterocycles. The van der Waals surface area contributed by atoms with Gasteiger partial charge in [-0.2, -0.15) is 0 Å². The molecule has 2 amide bonds. The number of aryl methyl sites for hydroxylation is 1. The number of hydrogen-bond acceptors (Lipinski definition) is 4. The minimum atomic E-state index is -0.242. The van der Waals surface area contributed by atoms with Gasteiger partial charge >= 0.3 is 0 Å². The molecule has 2 aliphatic heterocycles. The third-order valence-electron chi connectivity index (χ3n) is 4.85. The van der Waals surface area contributed by atoms with Crippen molar-refractivity contribution in [2.24, 2.45) is 0 Å². The Morgan fingerprint density at radius 1 is 1.08 bits per heavy atom. The van der Waals surface area contributed by atoms with Gasteiger partial charge in [-0.05, 0) is 18.4 Å². The topological polar surface area (TPSA) is 61.9 Å². The third kappa shape index (κ3) is 5.69. The normalized spacial score (nSPS) is 20.8. The molecule has 1 aromatic carbocycles. The van der Waals surface area contributed by atoms with E-state index < -0.39 is 0 Å². The number of nitrogens with zero attached hydrogens (tertiary/aromatic N) is 2. The van der Waals surface area contributed by atoms with Crippen molar-refractivity contribution in [1.29, 1.82) is 0 Å². The van der Waals surface area contributed by atoms with Gasteiger partial charge in [0.15, 0.2) is 0 Å². The van der Waals surface area contributed by atoms with Gasteiger partial charge in [-0.25, -0.2) is 0 Å². The number of nitrogens with one attached hydrogen (secondary N) is 1. The monoisotopic (exact) mass is 381 g/mol. The highest BCUT2D eigenvalue weighted by Crippen LogP contribution is 2.10. The Morgan fingerprint density at radius 2 is 1.81 bits per heavy atom. The number of ether oxygens (including phenoxy) is 1. The molecular formula is C19H28ClN3O3. The van der Waals surface area contributed by atoms with Crippen LogP contribution in [0.5, 0.6) is 0 Å². The van der Waals surface area contributed by atoms with Crippen LogP contribution in [0.4, 0.5) is 0 Å². The van der Waals surface area contributed by atoms with Crippen LogP contribution < -0.4 is 5.32 Å². The van der Waals surface area contributed by atoms with E-state index in [1.807, 2.05) is 28.0 Å². The summed E-state index contributed by atoms with van der Waals surface area (Å²) in [5.74, 6) is 0.274. The van der Waals surface area contributed by atoms with Crippen LogP contribution in [0.3, 0.4) is 0 Å². The van der Waals surface area contributed by atoms with Crippen LogP contribution in [0.1, 0.15) is 18.4 Å². The molecule has 2 fully saturated rings. The van der Waals surface area contributed by atoms with Crippen LogP contribution in [0.2, 0.25) is 0 Å². The van der Waals surface area contributed by atoms with Crippen LogP contribution in [-0.2, 0) is 20.7 Å². The molecule has 0 spiro atoms. The maximum absolute atomic E-state index is 12.6. The SMILES string of the molecule is Cl.O=C(CCc1ccccc1)N1CCCN(C(=O)C2COCCN2)CC1. The summed E-state index contributed by atoms with van der Waals surface area (Å²) in [5, 5.41) is 3.21. The quantitative estimate of drug-likeness (QED) is 0.848. The van der Waals surface area contributed by atoms with Gasteiger partial charge in [0.05, 0.1) is 13.2 Å². The minimum absolute atomic E-state index is 0. The second-order valence-corrected chi connectivity index (χ2v) is 6.63. The fourth-order valence-corrected chi connectivity index (χ4v) is 3.39. The van der Waals surface area contributed by atoms with Crippen molar-refractivity contribution in [3.63, 3.8) is 0 Å². The molecule has 0 aliphatic carbocycles. The first-order valence-electron chi connectivity index (χ1n) is 9.15. The highest BCUT2D eigenvalue weighted by atomic mass is 35.5. The molecule has 2 heterocycles. The van der Waals surface area contributed by atoms with E-state index in [9.17, 15) is 9.59 Å². The number of amides is 2. The number of carbonyl (C=O) groups is 2. The van der Waals surface area contributed by atoms with E-state index in [1.165, 1.54) is 5.56 Å². The van der Waals surface area contributed by atoms with Crippen molar-refractivity contribution in [3.05, 3.63) is 35.9 Å². The van der Waals surface area contributed by atoms with Crippen LogP contribution in [0, 0.1) is 0 Å². The molecule has 7 heteroatoms. The Hall–Kier alpha value is -1.63. The van der Waals surface area contributed by atoms with Crippen LogP contribution in [0.15, 0.2) is 30.3 Å². The molecule has 1 aromatic rings. The molecule has 6 nitrogen and oxygen atoms in total. The number of hydrogen-bond donors (Lipinski definition) is 1. The Kier molecular flexibility index (Phi) is 8.35. The van der Waals surface area contributed by atoms with E-state index >= 15 is 0 Å². The molecule has 26 heavy (non-hydrogen) atoms. The zero-order valence-corrected chi connectivity index (χ0v) is 15.9. The second kappa shape index (κ2) is 10.5. The van der Waals surface area contributed by atoms with E-state index in [1.54, 1.807) is 0 Å². The zero-order valence-electron chi connectivity index (χ0n) is 15.1. The van der Waals surface area contributed by atoms with Crippen molar-refractivity contribution in [2.75, 3.05) is 45.9 Å². The highest BCUT2D eigenvalue weighted by Gasteiger charge is 2.28. The summed E-state index contributed by atoms with van der Waals surface area (Å²) >= 11 is 0.